The first-order valence-corrected chi connectivity index (χ1v) is 9.66. The number of hydrogen-bond donors (Lipinski definition) is 1. The van der Waals surface area contributed by atoms with Crippen molar-refractivity contribution >= 4 is 17.5 Å². The van der Waals surface area contributed by atoms with Crippen molar-refractivity contribution in [3.63, 3.8) is 0 Å². The molecule has 6 nitrogen and oxygen atoms in total. The zero-order chi connectivity index (χ0) is 20.8. The fourth-order valence-electron chi connectivity index (χ4n) is 3.19. The van der Waals surface area contributed by atoms with E-state index >= 15 is 0 Å². The smallest absolute Gasteiger partial charge is 0.260 e. The Bertz CT molecular complexity index is 862. The number of ether oxygens (including phenoxy) is 1. The van der Waals surface area contributed by atoms with Crippen molar-refractivity contribution < 1.29 is 18.7 Å². The van der Waals surface area contributed by atoms with E-state index in [1.54, 1.807) is 4.90 Å². The van der Waals surface area contributed by atoms with Crippen molar-refractivity contribution in [1.82, 2.24) is 9.80 Å². The number of anilines is 1. The Labute approximate surface area is 170 Å². The largest absolute Gasteiger partial charge is 0.484 e. The Kier molecular flexibility index (Phi) is 6.82. The van der Waals surface area contributed by atoms with Crippen LogP contribution in [0.15, 0.2) is 42.5 Å². The van der Waals surface area contributed by atoms with Crippen molar-refractivity contribution in [2.24, 2.45) is 0 Å². The molecule has 0 atom stereocenters. The van der Waals surface area contributed by atoms with Crippen molar-refractivity contribution in [2.45, 2.75) is 13.8 Å². The molecule has 7 heteroatoms. The zero-order valence-corrected chi connectivity index (χ0v) is 16.8. The number of carbonyl (C=O) groups is 2. The number of nitrogens with one attached hydrogen (secondary N) is 1. The molecule has 0 bridgehead atoms. The maximum atomic E-state index is 12.9. The molecule has 2 amide bonds. The average molecular weight is 399 g/mol. The van der Waals surface area contributed by atoms with E-state index < -0.39 is 0 Å². The summed E-state index contributed by atoms with van der Waals surface area (Å²) in [6.07, 6.45) is 0. The van der Waals surface area contributed by atoms with Gasteiger partial charge in [-0.1, -0.05) is 12.1 Å². The summed E-state index contributed by atoms with van der Waals surface area (Å²) >= 11 is 0. The van der Waals surface area contributed by atoms with Gasteiger partial charge in [-0.15, -0.1) is 0 Å². The number of hydrogen-bond acceptors (Lipinski definition) is 4. The lowest BCUT2D eigenvalue weighted by Gasteiger charge is -2.34. The predicted octanol–water partition coefficient (Wildman–Crippen LogP) is 2.60. The van der Waals surface area contributed by atoms with Gasteiger partial charge in [0.25, 0.3) is 5.91 Å². The highest BCUT2D eigenvalue weighted by Gasteiger charge is 2.23. The van der Waals surface area contributed by atoms with Gasteiger partial charge in [-0.2, -0.15) is 0 Å². The van der Waals surface area contributed by atoms with Crippen LogP contribution >= 0.6 is 0 Å². The molecule has 1 heterocycles. The minimum Gasteiger partial charge on any atom is -0.484 e. The van der Waals surface area contributed by atoms with E-state index in [0.717, 1.165) is 16.8 Å². The molecular weight excluding hydrogens is 373 g/mol. The molecule has 0 radical (unpaired) electrons. The minimum atomic E-state index is -0.346. The van der Waals surface area contributed by atoms with Crippen molar-refractivity contribution in [3.8, 4) is 5.75 Å². The van der Waals surface area contributed by atoms with Crippen LogP contribution in [0.25, 0.3) is 0 Å². The van der Waals surface area contributed by atoms with Gasteiger partial charge in [0, 0.05) is 31.9 Å². The van der Waals surface area contributed by atoms with Gasteiger partial charge in [0.15, 0.2) is 6.61 Å². The summed E-state index contributed by atoms with van der Waals surface area (Å²) in [6, 6.07) is 11.5. The fraction of sp³-hybridized carbons (Fsp3) is 0.364. The van der Waals surface area contributed by atoms with E-state index in [1.807, 2.05) is 36.9 Å². The second-order valence-electron chi connectivity index (χ2n) is 7.27. The van der Waals surface area contributed by atoms with Crippen LogP contribution in [0.4, 0.5) is 10.1 Å². The number of rotatable bonds is 6. The molecule has 2 aromatic carbocycles. The second kappa shape index (κ2) is 9.52. The highest BCUT2D eigenvalue weighted by molar-refractivity contribution is 5.93. The quantitative estimate of drug-likeness (QED) is 0.811. The monoisotopic (exact) mass is 399 g/mol. The summed E-state index contributed by atoms with van der Waals surface area (Å²) < 4.78 is 18.3. The summed E-state index contributed by atoms with van der Waals surface area (Å²) in [5.74, 6) is -0.0603. The van der Waals surface area contributed by atoms with Gasteiger partial charge < -0.3 is 15.0 Å². The molecule has 29 heavy (non-hydrogen) atoms. The number of nitrogens with zero attached hydrogens (tertiary/aromatic N) is 2. The van der Waals surface area contributed by atoms with Gasteiger partial charge in [0.2, 0.25) is 5.91 Å². The molecule has 0 spiro atoms. The zero-order valence-electron chi connectivity index (χ0n) is 16.8. The van der Waals surface area contributed by atoms with Crippen molar-refractivity contribution in [3.05, 3.63) is 59.4 Å². The summed E-state index contributed by atoms with van der Waals surface area (Å²) in [7, 11) is 0. The lowest BCUT2D eigenvalue weighted by Crippen LogP contribution is -2.51. The fourth-order valence-corrected chi connectivity index (χ4v) is 3.19. The van der Waals surface area contributed by atoms with Crippen LogP contribution in [0.2, 0.25) is 0 Å². The molecule has 0 aromatic heterocycles. The van der Waals surface area contributed by atoms with E-state index in [1.165, 1.54) is 24.3 Å². The maximum absolute atomic E-state index is 12.9. The Morgan fingerprint density at radius 2 is 1.72 bits per heavy atom. The molecule has 1 aliphatic heterocycles. The molecular formula is C22H26FN3O3. The highest BCUT2D eigenvalue weighted by Crippen LogP contribution is 2.16. The average Bonchev–Trinajstić information content (AvgIpc) is 2.70. The first-order valence-electron chi connectivity index (χ1n) is 9.66. The van der Waals surface area contributed by atoms with Crippen LogP contribution in [-0.4, -0.2) is 60.9 Å². The van der Waals surface area contributed by atoms with E-state index in [4.69, 9.17) is 4.74 Å². The van der Waals surface area contributed by atoms with Gasteiger partial charge in [0.05, 0.1) is 6.54 Å². The number of aryl methyl sites for hydroxylation is 2. The predicted molar refractivity (Wildman–Crippen MR) is 109 cm³/mol. The summed E-state index contributed by atoms with van der Waals surface area (Å²) in [6.45, 7) is 6.51. The lowest BCUT2D eigenvalue weighted by atomic mass is 10.1. The third-order valence-electron chi connectivity index (χ3n) is 4.94. The Morgan fingerprint density at radius 1 is 1.03 bits per heavy atom. The van der Waals surface area contributed by atoms with Crippen LogP contribution in [0.1, 0.15) is 11.1 Å². The number of piperazine rings is 1. The molecule has 0 aliphatic carbocycles. The van der Waals surface area contributed by atoms with Gasteiger partial charge in [-0.25, -0.2) is 4.39 Å². The molecule has 2 aromatic rings. The van der Waals surface area contributed by atoms with Crippen LogP contribution in [0, 0.1) is 19.7 Å². The SMILES string of the molecule is Cc1ccc(C)c(NC(=O)CN2CCN(C(=O)COc3ccc(F)cc3)CC2)c1. The van der Waals surface area contributed by atoms with Crippen LogP contribution in [0.5, 0.6) is 5.75 Å². The van der Waals surface area contributed by atoms with Gasteiger partial charge in [-0.05, 0) is 55.3 Å². The number of amides is 2. The molecule has 1 aliphatic rings. The first-order chi connectivity index (χ1) is 13.9. The van der Waals surface area contributed by atoms with Crippen LogP contribution in [-0.2, 0) is 9.59 Å². The summed E-state index contributed by atoms with van der Waals surface area (Å²) in [5.41, 5.74) is 2.96. The van der Waals surface area contributed by atoms with Crippen molar-refractivity contribution in [2.75, 3.05) is 44.6 Å². The molecule has 0 saturated carbocycles. The van der Waals surface area contributed by atoms with E-state index in [0.29, 0.717) is 38.5 Å². The topological polar surface area (TPSA) is 61.9 Å². The lowest BCUT2D eigenvalue weighted by molar-refractivity contribution is -0.135. The normalized spacial score (nSPS) is 14.5. The maximum Gasteiger partial charge on any atom is 0.260 e. The van der Waals surface area contributed by atoms with Gasteiger partial charge in [-0.3, -0.25) is 14.5 Å². The van der Waals surface area contributed by atoms with E-state index in [9.17, 15) is 14.0 Å². The molecule has 1 saturated heterocycles. The number of benzene rings is 2. The third-order valence-corrected chi connectivity index (χ3v) is 4.94. The Hall–Kier alpha value is -2.93. The Morgan fingerprint density at radius 3 is 2.41 bits per heavy atom. The minimum absolute atomic E-state index is 0.0573. The highest BCUT2D eigenvalue weighted by atomic mass is 19.1. The van der Waals surface area contributed by atoms with Gasteiger partial charge in [0.1, 0.15) is 11.6 Å². The van der Waals surface area contributed by atoms with E-state index in [2.05, 4.69) is 5.32 Å². The Balaban J connectivity index is 1.41. The first kappa shape index (κ1) is 20.8. The molecule has 1 fully saturated rings. The third kappa shape index (κ3) is 6.02. The molecule has 154 valence electrons. The standard InChI is InChI=1S/C22H26FN3O3/c1-16-3-4-17(2)20(13-16)24-21(27)14-25-9-11-26(12-10-25)22(28)15-29-19-7-5-18(23)6-8-19/h3-8,13H,9-12,14-15H2,1-2H3,(H,24,27). The summed E-state index contributed by atoms with van der Waals surface area (Å²) in [4.78, 5) is 28.4. The second-order valence-corrected chi connectivity index (χ2v) is 7.27. The molecule has 0 unspecified atom stereocenters. The van der Waals surface area contributed by atoms with Crippen LogP contribution in [0.3, 0.4) is 0 Å². The molecule has 3 rings (SSSR count). The number of carbonyl (C=O) groups excluding carboxylic acids is 2. The van der Waals surface area contributed by atoms with E-state index in [-0.39, 0.29) is 24.2 Å². The summed E-state index contributed by atoms with van der Waals surface area (Å²) in [5, 5.41) is 2.97. The van der Waals surface area contributed by atoms with Crippen molar-refractivity contribution in [1.29, 1.82) is 0 Å². The number of halogens is 1. The molecule has 1 N–H and O–H groups in total. The van der Waals surface area contributed by atoms with Crippen LogP contribution < -0.4 is 10.1 Å². The van der Waals surface area contributed by atoms with Gasteiger partial charge >= 0.3 is 0 Å².